The maximum Gasteiger partial charge on any atom is 0.333 e. The summed E-state index contributed by atoms with van der Waals surface area (Å²) in [6.07, 6.45) is 1.56. The van der Waals surface area contributed by atoms with Crippen molar-refractivity contribution < 1.29 is 9.59 Å². The minimum absolute atomic E-state index is 0.0623. The van der Waals surface area contributed by atoms with Crippen LogP contribution in [0.25, 0.3) is 11.2 Å². The molecule has 35 heavy (non-hydrogen) atoms. The van der Waals surface area contributed by atoms with Gasteiger partial charge in [-0.2, -0.15) is 0 Å². The molecule has 1 N–H and O–H groups in total. The highest BCUT2D eigenvalue weighted by Gasteiger charge is 2.23. The third-order valence-corrected chi connectivity index (χ3v) is 5.54. The lowest BCUT2D eigenvalue weighted by Gasteiger charge is -2.22. The first kappa shape index (κ1) is 25.9. The van der Waals surface area contributed by atoms with Crippen LogP contribution in [-0.2, 0) is 29.2 Å². The first-order valence-corrected chi connectivity index (χ1v) is 11.9. The van der Waals surface area contributed by atoms with Crippen LogP contribution in [0.15, 0.2) is 46.2 Å². The molecule has 10 nitrogen and oxygen atoms in total. The molecule has 3 rings (SSSR count). The van der Waals surface area contributed by atoms with E-state index in [1.807, 2.05) is 58.0 Å². The quantitative estimate of drug-likeness (QED) is 0.470. The largest absolute Gasteiger partial charge is 0.352 e. The van der Waals surface area contributed by atoms with E-state index in [4.69, 9.17) is 0 Å². The molecule has 0 saturated heterocycles. The fraction of sp³-hybridized carbons (Fsp3) is 0.480. The Bertz CT molecular complexity index is 1300. The van der Waals surface area contributed by atoms with Gasteiger partial charge in [0.25, 0.3) is 5.56 Å². The molecule has 2 heterocycles. The number of carbonyl (C=O) groups is 2. The average Bonchev–Trinajstić information content (AvgIpc) is 3.20. The first-order valence-electron chi connectivity index (χ1n) is 11.9. The number of nitrogens with zero attached hydrogens (tertiary/aromatic N) is 5. The lowest BCUT2D eigenvalue weighted by molar-refractivity contribution is -0.136. The number of rotatable bonds is 10. The molecule has 0 aliphatic carbocycles. The number of likely N-dealkylation sites (N-methyl/N-ethyl adjacent to an activating group) is 1. The summed E-state index contributed by atoms with van der Waals surface area (Å²) in [5.41, 5.74) is 0.256. The van der Waals surface area contributed by atoms with Crippen molar-refractivity contribution >= 4 is 23.0 Å². The topological polar surface area (TPSA) is 111 Å². The molecule has 0 saturated carbocycles. The second-order valence-electron chi connectivity index (χ2n) is 9.34. The summed E-state index contributed by atoms with van der Waals surface area (Å²) in [5, 5.41) is 2.75. The number of hydrogen-bond acceptors (Lipinski definition) is 5. The fourth-order valence-electron chi connectivity index (χ4n) is 3.97. The van der Waals surface area contributed by atoms with Crippen molar-refractivity contribution in [2.75, 3.05) is 13.1 Å². The van der Waals surface area contributed by atoms with Gasteiger partial charge in [-0.3, -0.25) is 19.0 Å². The van der Waals surface area contributed by atoms with Crippen molar-refractivity contribution in [3.05, 3.63) is 63.1 Å². The number of hydrogen-bond donors (Lipinski definition) is 1. The van der Waals surface area contributed by atoms with Gasteiger partial charge in [-0.05, 0) is 32.3 Å². The van der Waals surface area contributed by atoms with Crippen molar-refractivity contribution in [3.63, 3.8) is 0 Å². The third kappa shape index (κ3) is 6.06. The van der Waals surface area contributed by atoms with Gasteiger partial charge in [0.05, 0.1) is 19.4 Å². The van der Waals surface area contributed by atoms with Crippen molar-refractivity contribution in [1.29, 1.82) is 0 Å². The Balaban J connectivity index is 2.07. The zero-order chi connectivity index (χ0) is 25.7. The van der Waals surface area contributed by atoms with E-state index in [9.17, 15) is 19.2 Å². The van der Waals surface area contributed by atoms with Gasteiger partial charge in [0.2, 0.25) is 11.8 Å². The lowest BCUT2D eigenvalue weighted by Crippen LogP contribution is -2.48. The summed E-state index contributed by atoms with van der Waals surface area (Å²) in [6.45, 7) is 9.87. The van der Waals surface area contributed by atoms with Crippen LogP contribution >= 0.6 is 0 Å². The van der Waals surface area contributed by atoms with Crippen LogP contribution in [0.1, 0.15) is 40.2 Å². The molecule has 0 aliphatic rings. The summed E-state index contributed by atoms with van der Waals surface area (Å²) in [4.78, 5) is 58.0. The predicted octanol–water partition coefficient (Wildman–Crippen LogP) is 1.44. The Morgan fingerprint density at radius 2 is 1.74 bits per heavy atom. The van der Waals surface area contributed by atoms with Crippen LogP contribution in [0, 0.1) is 5.92 Å². The van der Waals surface area contributed by atoms with Gasteiger partial charge in [0.1, 0.15) is 6.54 Å². The Hall–Kier alpha value is -3.69. The summed E-state index contributed by atoms with van der Waals surface area (Å²) < 4.78 is 4.12. The standard InChI is InChI=1S/C25H34N6O4/c1-6-28(14-20(32)27-18(4)5)21(33)15-31-24(34)22-23(26-16-29(22)12-17(2)3)30(25(31)35)13-19-10-8-7-9-11-19/h7-11,16-18H,6,12-15H2,1-5H3,(H,27,32). The Morgan fingerprint density at radius 1 is 1.06 bits per heavy atom. The fourth-order valence-corrected chi connectivity index (χ4v) is 3.97. The van der Waals surface area contributed by atoms with Crippen LogP contribution in [-0.4, -0.2) is 54.5 Å². The number of fused-ring (bicyclic) bond motifs is 1. The molecule has 188 valence electrons. The van der Waals surface area contributed by atoms with E-state index >= 15 is 0 Å². The highest BCUT2D eigenvalue weighted by molar-refractivity contribution is 5.85. The van der Waals surface area contributed by atoms with Gasteiger partial charge >= 0.3 is 5.69 Å². The normalized spacial score (nSPS) is 11.4. The van der Waals surface area contributed by atoms with Gasteiger partial charge < -0.3 is 14.8 Å². The SMILES string of the molecule is CCN(CC(=O)NC(C)C)C(=O)Cn1c(=O)c2c(ncn2CC(C)C)n(Cc2ccccc2)c1=O. The molecule has 0 radical (unpaired) electrons. The van der Waals surface area contributed by atoms with Crippen LogP contribution in [0.2, 0.25) is 0 Å². The Morgan fingerprint density at radius 3 is 2.34 bits per heavy atom. The number of nitrogens with one attached hydrogen (secondary N) is 1. The molecule has 0 atom stereocenters. The number of benzene rings is 1. The van der Waals surface area contributed by atoms with Gasteiger partial charge in [-0.25, -0.2) is 14.3 Å². The minimum atomic E-state index is -0.614. The highest BCUT2D eigenvalue weighted by Crippen LogP contribution is 2.12. The maximum atomic E-state index is 13.5. The van der Waals surface area contributed by atoms with Crippen molar-refractivity contribution in [3.8, 4) is 0 Å². The van der Waals surface area contributed by atoms with E-state index in [0.717, 1.165) is 10.1 Å². The van der Waals surface area contributed by atoms with E-state index < -0.39 is 23.7 Å². The molecule has 2 aromatic heterocycles. The van der Waals surface area contributed by atoms with Crippen molar-refractivity contribution in [1.82, 2.24) is 28.9 Å². The maximum absolute atomic E-state index is 13.5. The van der Waals surface area contributed by atoms with Crippen LogP contribution in [0.5, 0.6) is 0 Å². The van der Waals surface area contributed by atoms with Crippen LogP contribution < -0.4 is 16.6 Å². The monoisotopic (exact) mass is 482 g/mol. The van der Waals surface area contributed by atoms with E-state index in [1.54, 1.807) is 17.8 Å². The van der Waals surface area contributed by atoms with E-state index in [-0.39, 0.29) is 48.7 Å². The minimum Gasteiger partial charge on any atom is -0.352 e. The Labute approximate surface area is 204 Å². The van der Waals surface area contributed by atoms with E-state index in [1.165, 1.54) is 9.47 Å². The Kier molecular flexibility index (Phi) is 8.26. The number of imidazole rings is 1. The summed E-state index contributed by atoms with van der Waals surface area (Å²) in [5.74, 6) is -0.535. The van der Waals surface area contributed by atoms with Crippen LogP contribution in [0.3, 0.4) is 0 Å². The van der Waals surface area contributed by atoms with Crippen molar-refractivity contribution in [2.45, 2.75) is 60.3 Å². The molecule has 1 aromatic carbocycles. The molecule has 0 bridgehead atoms. The highest BCUT2D eigenvalue weighted by atomic mass is 16.2. The molecule has 0 aliphatic heterocycles. The molecule has 2 amide bonds. The molecule has 3 aromatic rings. The van der Waals surface area contributed by atoms with Crippen LogP contribution in [0.4, 0.5) is 0 Å². The van der Waals surface area contributed by atoms with Gasteiger partial charge in [-0.15, -0.1) is 0 Å². The molecule has 0 spiro atoms. The average molecular weight is 483 g/mol. The number of amides is 2. The van der Waals surface area contributed by atoms with Gasteiger partial charge in [0, 0.05) is 19.1 Å². The summed E-state index contributed by atoms with van der Waals surface area (Å²) in [6, 6.07) is 9.33. The lowest BCUT2D eigenvalue weighted by atomic mass is 10.2. The molecule has 0 unspecified atom stereocenters. The first-order chi connectivity index (χ1) is 16.6. The molecular weight excluding hydrogens is 448 g/mol. The molecule has 0 fully saturated rings. The number of carbonyl (C=O) groups excluding carboxylic acids is 2. The summed E-state index contributed by atoms with van der Waals surface area (Å²) >= 11 is 0. The molecule has 10 heteroatoms. The predicted molar refractivity (Wildman–Crippen MR) is 134 cm³/mol. The zero-order valence-electron chi connectivity index (χ0n) is 21.0. The number of aromatic nitrogens is 4. The summed E-state index contributed by atoms with van der Waals surface area (Å²) in [7, 11) is 0. The molecular formula is C25H34N6O4. The second kappa shape index (κ2) is 11.2. The zero-order valence-corrected chi connectivity index (χ0v) is 21.0. The van der Waals surface area contributed by atoms with E-state index in [0.29, 0.717) is 6.54 Å². The van der Waals surface area contributed by atoms with E-state index in [2.05, 4.69) is 10.3 Å². The smallest absolute Gasteiger partial charge is 0.333 e. The van der Waals surface area contributed by atoms with Gasteiger partial charge in [-0.1, -0.05) is 44.2 Å². The third-order valence-electron chi connectivity index (χ3n) is 5.54. The van der Waals surface area contributed by atoms with Crippen molar-refractivity contribution in [2.24, 2.45) is 5.92 Å². The van der Waals surface area contributed by atoms with Gasteiger partial charge in [0.15, 0.2) is 11.2 Å². The second-order valence-corrected chi connectivity index (χ2v) is 9.34.